The first kappa shape index (κ1) is 17.5. The highest BCUT2D eigenvalue weighted by molar-refractivity contribution is 4.94. The molecule has 0 aromatic carbocycles. The number of alkyl halides is 6. The minimum absolute atomic E-state index is 0.196. The van der Waals surface area contributed by atoms with E-state index in [1.54, 1.807) is 0 Å². The van der Waals surface area contributed by atoms with Crippen molar-refractivity contribution in [3.63, 3.8) is 0 Å². The van der Waals surface area contributed by atoms with Crippen LogP contribution >= 0.6 is 0 Å². The molecule has 110 valence electrons. The zero-order valence-electron chi connectivity index (χ0n) is 10.5. The van der Waals surface area contributed by atoms with Gasteiger partial charge in [0.15, 0.2) is 0 Å². The second kappa shape index (κ2) is 6.63. The van der Waals surface area contributed by atoms with E-state index in [1.807, 2.05) is 6.92 Å². The molecule has 0 saturated carbocycles. The van der Waals surface area contributed by atoms with Crippen LogP contribution in [0.4, 0.5) is 26.3 Å². The van der Waals surface area contributed by atoms with E-state index in [0.717, 1.165) is 18.7 Å². The molecule has 0 atom stereocenters. The van der Waals surface area contributed by atoms with Gasteiger partial charge in [-0.1, -0.05) is 33.1 Å². The number of nitrogens with one attached hydrogen (secondary N) is 1. The highest BCUT2D eigenvalue weighted by Gasteiger charge is 2.70. The van der Waals surface area contributed by atoms with Gasteiger partial charge in [-0.3, -0.25) is 5.32 Å². The van der Waals surface area contributed by atoms with Gasteiger partial charge in [-0.15, -0.1) is 0 Å². The summed E-state index contributed by atoms with van der Waals surface area (Å²) in [6.07, 6.45) is 0.259. The maximum absolute atomic E-state index is 13.2. The summed E-state index contributed by atoms with van der Waals surface area (Å²) in [6.45, 7) is 2.45. The largest absolute Gasteiger partial charge is 0.386 e. The molecule has 0 aliphatic carbocycles. The zero-order valence-corrected chi connectivity index (χ0v) is 10.5. The van der Waals surface area contributed by atoms with E-state index < -0.39 is 30.9 Å². The van der Waals surface area contributed by atoms with Crippen LogP contribution in [0.5, 0.6) is 0 Å². The average Bonchev–Trinajstić information content (AvgIpc) is 2.24. The lowest BCUT2D eigenvalue weighted by molar-refractivity contribution is -0.320. The van der Waals surface area contributed by atoms with Gasteiger partial charge in [0, 0.05) is 6.42 Å². The molecule has 1 N–H and O–H groups in total. The van der Waals surface area contributed by atoms with Crippen LogP contribution in [-0.4, -0.2) is 24.4 Å². The van der Waals surface area contributed by atoms with Gasteiger partial charge in [0.2, 0.25) is 0 Å². The zero-order chi connectivity index (χ0) is 14.4. The van der Waals surface area contributed by atoms with E-state index in [0.29, 0.717) is 12.8 Å². The third-order valence-electron chi connectivity index (χ3n) is 2.60. The van der Waals surface area contributed by atoms with Crippen molar-refractivity contribution >= 4 is 0 Å². The van der Waals surface area contributed by atoms with Crippen LogP contribution < -0.4 is 5.32 Å². The highest BCUT2D eigenvalue weighted by Crippen LogP contribution is 2.46. The molecule has 0 aromatic heterocycles. The second-order valence-corrected chi connectivity index (χ2v) is 4.19. The Bertz CT molecular complexity index is 242. The lowest BCUT2D eigenvalue weighted by Gasteiger charge is -2.33. The Balaban J connectivity index is 4.63. The molecule has 0 rings (SSSR count). The smallest absolute Gasteiger partial charge is 0.253 e. The molecule has 0 aliphatic heterocycles. The van der Waals surface area contributed by atoms with E-state index in [1.165, 1.54) is 0 Å². The summed E-state index contributed by atoms with van der Waals surface area (Å²) in [7, 11) is 0. The quantitative estimate of drug-likeness (QED) is 0.374. The molecule has 0 spiro atoms. The second-order valence-electron chi connectivity index (χ2n) is 4.19. The molecule has 0 aliphatic rings. The first-order valence-electron chi connectivity index (χ1n) is 6.01. The van der Waals surface area contributed by atoms with Gasteiger partial charge in [0.05, 0.1) is 0 Å². The Labute approximate surface area is 103 Å². The molecule has 0 bridgehead atoms. The summed E-state index contributed by atoms with van der Waals surface area (Å²) in [5.74, 6) is -10.1. The fourth-order valence-electron chi connectivity index (χ4n) is 1.49. The summed E-state index contributed by atoms with van der Waals surface area (Å²) in [5, 5.41) is 1.11. The summed E-state index contributed by atoms with van der Waals surface area (Å²) in [6, 6.07) is -4.91. The molecule has 0 aromatic rings. The molecule has 0 radical (unpaired) electrons. The van der Waals surface area contributed by atoms with Crippen LogP contribution in [0, 0.1) is 0 Å². The van der Waals surface area contributed by atoms with Crippen LogP contribution in [-0.2, 0) is 0 Å². The van der Waals surface area contributed by atoms with Gasteiger partial charge in [-0.25, -0.2) is 0 Å². The number of rotatable bonds is 9. The van der Waals surface area contributed by atoms with Crippen LogP contribution in [0.15, 0.2) is 0 Å². The lowest BCUT2D eigenvalue weighted by Crippen LogP contribution is -2.60. The SMILES string of the molecule is CCCCCCC(F)(F)C(F)(F)C(F)(F)NCC. The van der Waals surface area contributed by atoms with Crippen LogP contribution in [0.2, 0.25) is 0 Å². The maximum atomic E-state index is 13.2. The summed E-state index contributed by atoms with van der Waals surface area (Å²) in [4.78, 5) is 0. The van der Waals surface area contributed by atoms with Gasteiger partial charge in [-0.05, 0) is 13.0 Å². The predicted molar refractivity (Wildman–Crippen MR) is 57.3 cm³/mol. The minimum Gasteiger partial charge on any atom is -0.253 e. The molecule has 1 nitrogen and oxygen atoms in total. The third kappa shape index (κ3) is 4.03. The van der Waals surface area contributed by atoms with Gasteiger partial charge < -0.3 is 0 Å². The van der Waals surface area contributed by atoms with Crippen molar-refractivity contribution in [2.45, 2.75) is 63.8 Å². The van der Waals surface area contributed by atoms with Crippen molar-refractivity contribution < 1.29 is 26.3 Å². The maximum Gasteiger partial charge on any atom is 0.386 e. The molecule has 18 heavy (non-hydrogen) atoms. The van der Waals surface area contributed by atoms with Crippen LogP contribution in [0.1, 0.15) is 46.0 Å². The van der Waals surface area contributed by atoms with E-state index in [-0.39, 0.29) is 6.42 Å². The fourth-order valence-corrected chi connectivity index (χ4v) is 1.49. The van der Waals surface area contributed by atoms with Gasteiger partial charge in [0.25, 0.3) is 0 Å². The minimum atomic E-state index is -5.39. The van der Waals surface area contributed by atoms with Crippen molar-refractivity contribution in [3.8, 4) is 0 Å². The highest BCUT2D eigenvalue weighted by atomic mass is 19.3. The summed E-state index contributed by atoms with van der Waals surface area (Å²) < 4.78 is 78.4. The Hall–Kier alpha value is -0.460. The summed E-state index contributed by atoms with van der Waals surface area (Å²) in [5.41, 5.74) is 0. The average molecular weight is 279 g/mol. The van der Waals surface area contributed by atoms with Gasteiger partial charge in [-0.2, -0.15) is 26.3 Å². The van der Waals surface area contributed by atoms with Crippen molar-refractivity contribution in [1.29, 1.82) is 0 Å². The number of hydrogen-bond acceptors (Lipinski definition) is 1. The lowest BCUT2D eigenvalue weighted by atomic mass is 10.0. The Morgan fingerprint density at radius 3 is 1.83 bits per heavy atom. The first-order chi connectivity index (χ1) is 8.12. The van der Waals surface area contributed by atoms with Crippen molar-refractivity contribution in [1.82, 2.24) is 5.32 Å². The van der Waals surface area contributed by atoms with Crippen molar-refractivity contribution in [2.75, 3.05) is 6.54 Å². The molecule has 0 amide bonds. The first-order valence-corrected chi connectivity index (χ1v) is 6.01. The number of unbranched alkanes of at least 4 members (excludes halogenated alkanes) is 3. The van der Waals surface area contributed by atoms with Crippen molar-refractivity contribution in [2.24, 2.45) is 0 Å². The molecular formula is C11H19F6N. The van der Waals surface area contributed by atoms with E-state index in [2.05, 4.69) is 0 Å². The number of hydrogen-bond donors (Lipinski definition) is 1. The Kier molecular flexibility index (Phi) is 6.46. The summed E-state index contributed by atoms with van der Waals surface area (Å²) >= 11 is 0. The molecule has 0 fully saturated rings. The Morgan fingerprint density at radius 2 is 1.39 bits per heavy atom. The van der Waals surface area contributed by atoms with Gasteiger partial charge in [0.1, 0.15) is 0 Å². The molecule has 7 heteroatoms. The van der Waals surface area contributed by atoms with E-state index >= 15 is 0 Å². The van der Waals surface area contributed by atoms with Crippen LogP contribution in [0.3, 0.4) is 0 Å². The monoisotopic (exact) mass is 279 g/mol. The predicted octanol–water partition coefficient (Wildman–Crippen LogP) is 4.43. The van der Waals surface area contributed by atoms with E-state index in [4.69, 9.17) is 0 Å². The van der Waals surface area contributed by atoms with Crippen molar-refractivity contribution in [3.05, 3.63) is 0 Å². The van der Waals surface area contributed by atoms with Crippen LogP contribution in [0.25, 0.3) is 0 Å². The molecular weight excluding hydrogens is 260 g/mol. The number of halogens is 6. The standard InChI is InChI=1S/C11H19F6N/c1-3-5-6-7-8-9(12,13)10(14,15)11(16,17)18-4-2/h18H,3-8H2,1-2H3. The molecule has 0 saturated heterocycles. The third-order valence-corrected chi connectivity index (χ3v) is 2.60. The van der Waals surface area contributed by atoms with E-state index in [9.17, 15) is 26.3 Å². The van der Waals surface area contributed by atoms with Gasteiger partial charge >= 0.3 is 17.9 Å². The molecule has 0 unspecified atom stereocenters. The Morgan fingerprint density at radius 1 is 0.833 bits per heavy atom. The fraction of sp³-hybridized carbons (Fsp3) is 1.00. The topological polar surface area (TPSA) is 12.0 Å². The normalized spacial score (nSPS) is 14.0. The molecule has 0 heterocycles.